The number of imidazole rings is 1. The molecule has 2 N–H and O–H groups in total. The number of nitrogens with two attached hydrogens (primary N) is 1. The highest BCUT2D eigenvalue weighted by Crippen LogP contribution is 2.46. The number of fused-ring (bicyclic) bond motifs is 2. The summed E-state index contributed by atoms with van der Waals surface area (Å²) in [7, 11) is 0. The fraction of sp³-hybridized carbons (Fsp3) is 0.407. The number of hydrogen-bond donors (Lipinski definition) is 1. The first-order valence-electron chi connectivity index (χ1n) is 12.2. The number of carbonyl (C=O) groups excluding carboxylic acids is 1. The van der Waals surface area contributed by atoms with E-state index in [-0.39, 0.29) is 11.5 Å². The van der Waals surface area contributed by atoms with Gasteiger partial charge < -0.3 is 10.3 Å². The third-order valence-corrected chi connectivity index (χ3v) is 7.83. The molecule has 1 amide bonds. The number of amides is 1. The lowest BCUT2D eigenvalue weighted by Crippen LogP contribution is -2.21. The molecular formula is C27H28FN5O. The zero-order valence-electron chi connectivity index (χ0n) is 19.2. The molecule has 0 spiro atoms. The molecule has 0 radical (unpaired) electrons. The van der Waals surface area contributed by atoms with Crippen molar-refractivity contribution in [1.29, 1.82) is 0 Å². The topological polar surface area (TPSA) is 86.7 Å². The molecule has 4 aromatic rings. The first-order valence-corrected chi connectivity index (χ1v) is 12.2. The molecule has 2 fully saturated rings. The van der Waals surface area contributed by atoms with E-state index in [9.17, 15) is 9.18 Å². The molecule has 0 bridgehead atoms. The summed E-state index contributed by atoms with van der Waals surface area (Å²) in [5.74, 6) is 1.62. The van der Waals surface area contributed by atoms with Gasteiger partial charge in [0.15, 0.2) is 0 Å². The minimum absolute atomic E-state index is 0.211. The van der Waals surface area contributed by atoms with Crippen molar-refractivity contribution in [1.82, 2.24) is 19.5 Å². The van der Waals surface area contributed by atoms with E-state index in [1.54, 1.807) is 24.4 Å². The Hall–Kier alpha value is -3.35. The van der Waals surface area contributed by atoms with Crippen LogP contribution >= 0.6 is 0 Å². The van der Waals surface area contributed by atoms with Crippen LogP contribution in [0.3, 0.4) is 0 Å². The molecule has 3 aromatic heterocycles. The second kappa shape index (κ2) is 8.15. The lowest BCUT2D eigenvalue weighted by molar-refractivity contribution is 0.0995. The molecule has 1 atom stereocenters. The van der Waals surface area contributed by atoms with Crippen LogP contribution in [0.4, 0.5) is 4.39 Å². The zero-order valence-corrected chi connectivity index (χ0v) is 19.2. The van der Waals surface area contributed by atoms with Crippen molar-refractivity contribution < 1.29 is 9.18 Å². The number of halogens is 1. The van der Waals surface area contributed by atoms with Crippen LogP contribution in [-0.4, -0.2) is 25.4 Å². The number of hydrogen-bond acceptors (Lipinski definition) is 4. The summed E-state index contributed by atoms with van der Waals surface area (Å²) >= 11 is 0. The molecule has 2 saturated carbocycles. The number of primary amides is 1. The average Bonchev–Trinajstić information content (AvgIpc) is 3.62. The fourth-order valence-electron chi connectivity index (χ4n) is 5.83. The zero-order chi connectivity index (χ0) is 23.4. The monoisotopic (exact) mass is 457 g/mol. The van der Waals surface area contributed by atoms with Gasteiger partial charge in [-0.1, -0.05) is 6.92 Å². The molecule has 7 heteroatoms. The predicted octanol–water partition coefficient (Wildman–Crippen LogP) is 5.63. The molecule has 6 rings (SSSR count). The van der Waals surface area contributed by atoms with Crippen LogP contribution in [0, 0.1) is 11.7 Å². The molecular weight excluding hydrogens is 429 g/mol. The van der Waals surface area contributed by atoms with Crippen LogP contribution in [0.2, 0.25) is 0 Å². The Labute approximate surface area is 197 Å². The van der Waals surface area contributed by atoms with Gasteiger partial charge in [-0.2, -0.15) is 0 Å². The van der Waals surface area contributed by atoms with Gasteiger partial charge in [0, 0.05) is 23.5 Å². The summed E-state index contributed by atoms with van der Waals surface area (Å²) in [5.41, 5.74) is 9.63. The van der Waals surface area contributed by atoms with Crippen LogP contribution in [0.15, 0.2) is 42.7 Å². The molecule has 0 saturated heterocycles. The predicted molar refractivity (Wildman–Crippen MR) is 129 cm³/mol. The number of pyridine rings is 2. The summed E-state index contributed by atoms with van der Waals surface area (Å²) in [4.78, 5) is 25.3. The Bertz CT molecular complexity index is 1400. The van der Waals surface area contributed by atoms with Crippen molar-refractivity contribution >= 4 is 27.8 Å². The van der Waals surface area contributed by atoms with E-state index in [1.807, 2.05) is 6.20 Å². The largest absolute Gasteiger partial charge is 0.364 e. The van der Waals surface area contributed by atoms with Crippen LogP contribution in [0.25, 0.3) is 21.9 Å². The molecule has 2 aliphatic rings. The molecule has 0 aliphatic heterocycles. The van der Waals surface area contributed by atoms with Crippen LogP contribution in [0.1, 0.15) is 85.2 Å². The minimum Gasteiger partial charge on any atom is -0.364 e. The Balaban J connectivity index is 1.26. The Morgan fingerprint density at radius 3 is 2.59 bits per heavy atom. The number of carbonyl (C=O) groups is 1. The quantitative estimate of drug-likeness (QED) is 0.421. The Morgan fingerprint density at radius 1 is 1.06 bits per heavy atom. The Kier molecular flexibility index (Phi) is 5.08. The van der Waals surface area contributed by atoms with E-state index in [1.165, 1.54) is 11.6 Å². The first-order chi connectivity index (χ1) is 16.5. The summed E-state index contributed by atoms with van der Waals surface area (Å²) in [6.07, 6.45) is 10.1. The standard InChI is InChI=1S/C27H28FN5O/c1-15(27-32-24-14-31-23(26(29)34)13-25(24)33(27)19-7-8-19)16-2-4-17(5-3-16)20-10-11-30-22-9-6-18(28)12-21(20)22/h6,9-17,19H,2-5,7-8H2,1H3,(H2,29,34)/t15-,16?,17?/m0/s1. The van der Waals surface area contributed by atoms with E-state index >= 15 is 0 Å². The second-order valence-corrected chi connectivity index (χ2v) is 9.96. The normalized spacial score (nSPS) is 21.7. The van der Waals surface area contributed by atoms with Gasteiger partial charge in [0.2, 0.25) is 0 Å². The molecule has 6 nitrogen and oxygen atoms in total. The van der Waals surface area contributed by atoms with Gasteiger partial charge in [-0.3, -0.25) is 9.78 Å². The minimum atomic E-state index is -0.512. The number of aromatic nitrogens is 4. The van der Waals surface area contributed by atoms with Crippen LogP contribution in [0.5, 0.6) is 0 Å². The van der Waals surface area contributed by atoms with Gasteiger partial charge >= 0.3 is 0 Å². The third-order valence-electron chi connectivity index (χ3n) is 7.83. The maximum atomic E-state index is 13.9. The highest BCUT2D eigenvalue weighted by atomic mass is 19.1. The summed E-state index contributed by atoms with van der Waals surface area (Å²) in [6, 6.07) is 9.17. The van der Waals surface area contributed by atoms with Gasteiger partial charge in [0.05, 0.1) is 17.2 Å². The summed E-state index contributed by atoms with van der Waals surface area (Å²) in [5, 5.41) is 0.937. The van der Waals surface area contributed by atoms with E-state index in [2.05, 4.69) is 27.5 Å². The van der Waals surface area contributed by atoms with Gasteiger partial charge in [-0.25, -0.2) is 14.4 Å². The SMILES string of the molecule is C[C@H](c1nc2cnc(C(N)=O)cc2n1C1CC1)C1CCC(c2ccnc3ccc(F)cc23)CC1. The van der Waals surface area contributed by atoms with Crippen molar-refractivity contribution in [2.75, 3.05) is 0 Å². The molecule has 3 heterocycles. The van der Waals surface area contributed by atoms with E-state index in [0.29, 0.717) is 23.8 Å². The fourth-order valence-corrected chi connectivity index (χ4v) is 5.83. The maximum absolute atomic E-state index is 13.9. The number of rotatable bonds is 5. The van der Waals surface area contributed by atoms with E-state index in [4.69, 9.17) is 10.7 Å². The van der Waals surface area contributed by atoms with E-state index in [0.717, 1.165) is 66.3 Å². The van der Waals surface area contributed by atoms with Crippen molar-refractivity contribution in [3.8, 4) is 0 Å². The lowest BCUT2D eigenvalue weighted by atomic mass is 9.73. The highest BCUT2D eigenvalue weighted by molar-refractivity contribution is 5.94. The molecule has 1 aromatic carbocycles. The lowest BCUT2D eigenvalue weighted by Gasteiger charge is -2.33. The van der Waals surface area contributed by atoms with Crippen molar-refractivity contribution in [3.63, 3.8) is 0 Å². The maximum Gasteiger partial charge on any atom is 0.267 e. The van der Waals surface area contributed by atoms with Gasteiger partial charge in [-0.15, -0.1) is 0 Å². The highest BCUT2D eigenvalue weighted by Gasteiger charge is 2.34. The molecule has 34 heavy (non-hydrogen) atoms. The van der Waals surface area contributed by atoms with Gasteiger partial charge in [0.1, 0.15) is 22.9 Å². The molecule has 0 unspecified atom stereocenters. The smallest absolute Gasteiger partial charge is 0.267 e. The first kappa shape index (κ1) is 21.2. The third kappa shape index (κ3) is 3.63. The van der Waals surface area contributed by atoms with Gasteiger partial charge in [0.25, 0.3) is 5.91 Å². The summed E-state index contributed by atoms with van der Waals surface area (Å²) < 4.78 is 16.3. The molecule has 174 valence electrons. The van der Waals surface area contributed by atoms with Crippen LogP contribution in [-0.2, 0) is 0 Å². The van der Waals surface area contributed by atoms with Crippen molar-refractivity contribution in [2.45, 2.75) is 63.3 Å². The van der Waals surface area contributed by atoms with Crippen molar-refractivity contribution in [2.24, 2.45) is 11.7 Å². The summed E-state index contributed by atoms with van der Waals surface area (Å²) in [6.45, 7) is 2.28. The second-order valence-electron chi connectivity index (χ2n) is 9.96. The number of benzene rings is 1. The molecule has 2 aliphatic carbocycles. The van der Waals surface area contributed by atoms with Gasteiger partial charge in [-0.05, 0) is 86.3 Å². The number of nitrogens with zero attached hydrogens (tertiary/aromatic N) is 4. The average molecular weight is 458 g/mol. The van der Waals surface area contributed by atoms with Crippen LogP contribution < -0.4 is 5.73 Å². The Morgan fingerprint density at radius 2 is 1.85 bits per heavy atom. The van der Waals surface area contributed by atoms with E-state index < -0.39 is 5.91 Å². The van der Waals surface area contributed by atoms with Crippen molar-refractivity contribution in [3.05, 3.63) is 65.6 Å².